The maximum Gasteiger partial charge on any atom is 0.309 e. The molecule has 0 bridgehead atoms. The molecule has 0 radical (unpaired) electrons. The van der Waals surface area contributed by atoms with Crippen LogP contribution in [0.25, 0.3) is 0 Å². The van der Waals surface area contributed by atoms with E-state index in [1.165, 1.54) is 11.1 Å². The van der Waals surface area contributed by atoms with Crippen molar-refractivity contribution in [2.45, 2.75) is 46.5 Å². The van der Waals surface area contributed by atoms with Gasteiger partial charge in [-0.25, -0.2) is 0 Å². The average Bonchev–Trinajstić information content (AvgIpc) is 2.27. The molecule has 0 aliphatic carbocycles. The van der Waals surface area contributed by atoms with Crippen molar-refractivity contribution in [1.29, 1.82) is 0 Å². The van der Waals surface area contributed by atoms with Crippen LogP contribution in [0.4, 0.5) is 0 Å². The van der Waals surface area contributed by atoms with Crippen LogP contribution in [0.2, 0.25) is 0 Å². The van der Waals surface area contributed by atoms with Crippen molar-refractivity contribution in [3.8, 4) is 0 Å². The highest BCUT2D eigenvalue weighted by Crippen LogP contribution is 2.23. The summed E-state index contributed by atoms with van der Waals surface area (Å²) in [5.41, 5.74) is 1.89. The summed E-state index contributed by atoms with van der Waals surface area (Å²) in [5.74, 6) is -0.184. The van der Waals surface area contributed by atoms with Crippen molar-refractivity contribution in [2.75, 3.05) is 0 Å². The molecule has 0 saturated heterocycles. The molecular formula is C15H22O2. The second-order valence-electron chi connectivity index (χ2n) is 5.59. The third kappa shape index (κ3) is 3.88. The molecule has 1 N–H and O–H groups in total. The number of hydrogen-bond acceptors (Lipinski definition) is 1. The van der Waals surface area contributed by atoms with E-state index in [1.807, 2.05) is 0 Å². The van der Waals surface area contributed by atoms with E-state index in [0.29, 0.717) is 12.3 Å². The highest BCUT2D eigenvalue weighted by atomic mass is 16.4. The van der Waals surface area contributed by atoms with E-state index in [9.17, 15) is 4.79 Å². The summed E-state index contributed by atoms with van der Waals surface area (Å²) >= 11 is 0. The lowest BCUT2D eigenvalue weighted by Crippen LogP contribution is -2.24. The van der Waals surface area contributed by atoms with E-state index >= 15 is 0 Å². The molecule has 0 saturated carbocycles. The van der Waals surface area contributed by atoms with Gasteiger partial charge in [0.15, 0.2) is 0 Å². The fraction of sp³-hybridized carbons (Fsp3) is 0.533. The summed E-state index contributed by atoms with van der Waals surface area (Å²) in [7, 11) is 0. The zero-order valence-electron chi connectivity index (χ0n) is 11.2. The van der Waals surface area contributed by atoms with Crippen LogP contribution >= 0.6 is 0 Å². The Kier molecular flexibility index (Phi) is 4.33. The SMILES string of the molecule is CC(C)c1ccc(CCC(C)(C)C(=O)O)cc1. The molecule has 1 aromatic rings. The van der Waals surface area contributed by atoms with Crippen LogP contribution in [0.3, 0.4) is 0 Å². The van der Waals surface area contributed by atoms with E-state index in [4.69, 9.17) is 5.11 Å². The smallest absolute Gasteiger partial charge is 0.309 e. The van der Waals surface area contributed by atoms with Crippen molar-refractivity contribution < 1.29 is 9.90 Å². The molecule has 0 spiro atoms. The number of carboxylic acid groups (broad SMARTS) is 1. The van der Waals surface area contributed by atoms with Crippen molar-refractivity contribution >= 4 is 5.97 Å². The van der Waals surface area contributed by atoms with Crippen molar-refractivity contribution in [3.63, 3.8) is 0 Å². The van der Waals surface area contributed by atoms with Crippen LogP contribution in [0.15, 0.2) is 24.3 Å². The Bertz CT molecular complexity index is 374. The number of aliphatic carboxylic acids is 1. The fourth-order valence-corrected chi connectivity index (χ4v) is 1.63. The van der Waals surface area contributed by atoms with Gasteiger partial charge in [-0.3, -0.25) is 4.79 Å². The lowest BCUT2D eigenvalue weighted by atomic mass is 9.86. The Morgan fingerprint density at radius 3 is 2.18 bits per heavy atom. The molecule has 0 aliphatic rings. The first-order valence-corrected chi connectivity index (χ1v) is 6.15. The highest BCUT2D eigenvalue weighted by molar-refractivity contribution is 5.73. The molecule has 0 aliphatic heterocycles. The van der Waals surface area contributed by atoms with Crippen LogP contribution < -0.4 is 0 Å². The fourth-order valence-electron chi connectivity index (χ4n) is 1.63. The summed E-state index contributed by atoms with van der Waals surface area (Å²) in [6.07, 6.45) is 1.49. The second kappa shape index (κ2) is 5.35. The first kappa shape index (κ1) is 13.8. The second-order valence-corrected chi connectivity index (χ2v) is 5.59. The van der Waals surface area contributed by atoms with Gasteiger partial charge in [0.05, 0.1) is 5.41 Å². The predicted molar refractivity (Wildman–Crippen MR) is 70.3 cm³/mol. The summed E-state index contributed by atoms with van der Waals surface area (Å²) < 4.78 is 0. The van der Waals surface area contributed by atoms with E-state index in [1.54, 1.807) is 13.8 Å². The average molecular weight is 234 g/mol. The Morgan fingerprint density at radius 2 is 1.76 bits per heavy atom. The maximum absolute atomic E-state index is 11.0. The Morgan fingerprint density at radius 1 is 1.24 bits per heavy atom. The number of carbonyl (C=O) groups is 1. The highest BCUT2D eigenvalue weighted by Gasteiger charge is 2.26. The summed E-state index contributed by atoms with van der Waals surface area (Å²) in [6.45, 7) is 7.89. The third-order valence-corrected chi connectivity index (χ3v) is 3.26. The van der Waals surface area contributed by atoms with Crippen LogP contribution in [0.1, 0.15) is 51.2 Å². The number of hydrogen-bond donors (Lipinski definition) is 1. The van der Waals surface area contributed by atoms with E-state index in [0.717, 1.165) is 6.42 Å². The maximum atomic E-state index is 11.0. The normalized spacial score (nSPS) is 11.8. The molecule has 2 nitrogen and oxygen atoms in total. The Balaban J connectivity index is 2.62. The molecular weight excluding hydrogens is 212 g/mol. The van der Waals surface area contributed by atoms with E-state index in [2.05, 4.69) is 38.1 Å². The van der Waals surface area contributed by atoms with E-state index in [-0.39, 0.29) is 0 Å². The van der Waals surface area contributed by atoms with Crippen molar-refractivity contribution in [3.05, 3.63) is 35.4 Å². The molecule has 0 fully saturated rings. The molecule has 0 atom stereocenters. The zero-order valence-corrected chi connectivity index (χ0v) is 11.2. The minimum absolute atomic E-state index is 0.541. The number of carboxylic acids is 1. The summed E-state index contributed by atoms with van der Waals surface area (Å²) in [4.78, 5) is 11.0. The minimum Gasteiger partial charge on any atom is -0.481 e. The Hall–Kier alpha value is -1.31. The van der Waals surface area contributed by atoms with Crippen molar-refractivity contribution in [1.82, 2.24) is 0 Å². The standard InChI is InChI=1S/C15H22O2/c1-11(2)13-7-5-12(6-8-13)9-10-15(3,4)14(16)17/h5-8,11H,9-10H2,1-4H3,(H,16,17). The van der Waals surface area contributed by atoms with Crippen LogP contribution in [0.5, 0.6) is 0 Å². The largest absolute Gasteiger partial charge is 0.481 e. The van der Waals surface area contributed by atoms with Gasteiger partial charge >= 0.3 is 5.97 Å². The molecule has 17 heavy (non-hydrogen) atoms. The lowest BCUT2D eigenvalue weighted by Gasteiger charge is -2.18. The third-order valence-electron chi connectivity index (χ3n) is 3.26. The van der Waals surface area contributed by atoms with Crippen molar-refractivity contribution in [2.24, 2.45) is 5.41 Å². The van der Waals surface area contributed by atoms with Crippen LogP contribution in [-0.2, 0) is 11.2 Å². The minimum atomic E-state index is -0.726. The zero-order chi connectivity index (χ0) is 13.1. The molecule has 0 amide bonds. The van der Waals surface area contributed by atoms with Gasteiger partial charge in [0.1, 0.15) is 0 Å². The molecule has 0 unspecified atom stereocenters. The van der Waals surface area contributed by atoms with Crippen LogP contribution in [0, 0.1) is 5.41 Å². The van der Waals surface area contributed by atoms with Gasteiger partial charge in [-0.2, -0.15) is 0 Å². The van der Waals surface area contributed by atoms with Crippen LogP contribution in [-0.4, -0.2) is 11.1 Å². The Labute approximate surface area is 104 Å². The molecule has 0 aromatic heterocycles. The summed E-state index contributed by atoms with van der Waals surface area (Å²) in [6, 6.07) is 8.47. The van der Waals surface area contributed by atoms with Gasteiger partial charge < -0.3 is 5.11 Å². The van der Waals surface area contributed by atoms with Gasteiger partial charge in [0.2, 0.25) is 0 Å². The predicted octanol–water partition coefficient (Wildman–Crippen LogP) is 3.85. The molecule has 1 rings (SSSR count). The monoisotopic (exact) mass is 234 g/mol. The van der Waals surface area contributed by atoms with Gasteiger partial charge in [-0.1, -0.05) is 38.1 Å². The van der Waals surface area contributed by atoms with Gasteiger partial charge in [-0.15, -0.1) is 0 Å². The first-order valence-electron chi connectivity index (χ1n) is 6.15. The number of rotatable bonds is 5. The topological polar surface area (TPSA) is 37.3 Å². The van der Waals surface area contributed by atoms with E-state index < -0.39 is 11.4 Å². The number of benzene rings is 1. The number of aryl methyl sites for hydroxylation is 1. The van der Waals surface area contributed by atoms with Gasteiger partial charge in [0, 0.05) is 0 Å². The van der Waals surface area contributed by atoms with Gasteiger partial charge in [-0.05, 0) is 43.7 Å². The lowest BCUT2D eigenvalue weighted by molar-refractivity contribution is -0.147. The summed E-state index contributed by atoms with van der Waals surface area (Å²) in [5, 5.41) is 9.04. The van der Waals surface area contributed by atoms with Gasteiger partial charge in [0.25, 0.3) is 0 Å². The first-order chi connectivity index (χ1) is 7.83. The molecule has 1 aromatic carbocycles. The molecule has 0 heterocycles. The molecule has 94 valence electrons. The molecule has 2 heteroatoms. The quantitative estimate of drug-likeness (QED) is 0.840.